The van der Waals surface area contributed by atoms with Crippen LogP contribution in [0.1, 0.15) is 11.1 Å². The first-order valence-electron chi connectivity index (χ1n) is 5.61. The van der Waals surface area contributed by atoms with E-state index in [0.717, 1.165) is 17.4 Å². The van der Waals surface area contributed by atoms with E-state index in [1.54, 1.807) is 24.3 Å². The lowest BCUT2D eigenvalue weighted by molar-refractivity contribution is -0.120. The third-order valence-electron chi connectivity index (χ3n) is 2.40. The number of benzene rings is 1. The van der Waals surface area contributed by atoms with Gasteiger partial charge in [-0.05, 0) is 5.56 Å². The van der Waals surface area contributed by atoms with E-state index in [4.69, 9.17) is 18.0 Å². The highest BCUT2D eigenvalue weighted by Crippen LogP contribution is 2.05. The Morgan fingerprint density at radius 2 is 1.89 bits per heavy atom. The van der Waals surface area contributed by atoms with Gasteiger partial charge in [-0.3, -0.25) is 4.79 Å². The average molecular weight is 300 g/mol. The molecule has 1 rings (SSSR count). The minimum Gasteiger partial charge on any atom is -0.389 e. The van der Waals surface area contributed by atoms with E-state index in [-0.39, 0.29) is 24.6 Å². The van der Waals surface area contributed by atoms with Gasteiger partial charge in [0.15, 0.2) is 0 Å². The number of amides is 1. The van der Waals surface area contributed by atoms with Crippen molar-refractivity contribution in [1.29, 1.82) is 0 Å². The van der Waals surface area contributed by atoms with Crippen LogP contribution >= 0.6 is 12.2 Å². The summed E-state index contributed by atoms with van der Waals surface area (Å²) in [4.78, 5) is 11.9. The molecule has 1 amide bonds. The minimum atomic E-state index is -3.05. The maximum Gasteiger partial charge on any atom is 0.224 e. The molecule has 0 fully saturated rings. The fourth-order valence-electron chi connectivity index (χ4n) is 1.41. The van der Waals surface area contributed by atoms with E-state index < -0.39 is 9.84 Å². The average Bonchev–Trinajstić information content (AvgIpc) is 2.27. The van der Waals surface area contributed by atoms with E-state index in [2.05, 4.69) is 5.32 Å². The number of nitrogens with one attached hydrogen (secondary N) is 1. The molecule has 5 nitrogen and oxygen atoms in total. The Kier molecular flexibility index (Phi) is 5.44. The molecule has 0 aliphatic rings. The second kappa shape index (κ2) is 6.63. The monoisotopic (exact) mass is 300 g/mol. The van der Waals surface area contributed by atoms with Crippen LogP contribution < -0.4 is 11.1 Å². The number of sulfone groups is 1. The number of carbonyl (C=O) groups is 1. The first-order valence-corrected chi connectivity index (χ1v) is 8.08. The summed E-state index contributed by atoms with van der Waals surface area (Å²) in [5, 5.41) is 2.56. The maximum absolute atomic E-state index is 11.6. The van der Waals surface area contributed by atoms with Gasteiger partial charge in [0, 0.05) is 18.4 Å². The van der Waals surface area contributed by atoms with Gasteiger partial charge >= 0.3 is 0 Å². The van der Waals surface area contributed by atoms with Crippen LogP contribution in [0.4, 0.5) is 0 Å². The maximum atomic E-state index is 11.6. The molecular weight excluding hydrogens is 284 g/mol. The van der Waals surface area contributed by atoms with Gasteiger partial charge in [0.2, 0.25) is 5.91 Å². The first-order chi connectivity index (χ1) is 8.78. The molecule has 7 heteroatoms. The second-order valence-electron chi connectivity index (χ2n) is 4.22. The number of carbonyl (C=O) groups excluding carboxylic acids is 1. The van der Waals surface area contributed by atoms with Crippen molar-refractivity contribution in [2.75, 3.05) is 18.6 Å². The zero-order valence-electron chi connectivity index (χ0n) is 10.5. The van der Waals surface area contributed by atoms with Crippen molar-refractivity contribution in [3.63, 3.8) is 0 Å². The van der Waals surface area contributed by atoms with E-state index in [9.17, 15) is 13.2 Å². The molecule has 0 heterocycles. The van der Waals surface area contributed by atoms with E-state index in [1.165, 1.54) is 0 Å². The predicted molar refractivity (Wildman–Crippen MR) is 78.8 cm³/mol. The van der Waals surface area contributed by atoms with Gasteiger partial charge in [-0.1, -0.05) is 36.5 Å². The summed E-state index contributed by atoms with van der Waals surface area (Å²) in [6, 6.07) is 7.04. The molecule has 0 saturated carbocycles. The van der Waals surface area contributed by atoms with Gasteiger partial charge in [-0.25, -0.2) is 8.42 Å². The Bertz CT molecular complexity index is 565. The Hall–Kier alpha value is -1.47. The Labute approximate surface area is 118 Å². The van der Waals surface area contributed by atoms with Crippen LogP contribution in [0.15, 0.2) is 24.3 Å². The normalized spacial score (nSPS) is 11.0. The van der Waals surface area contributed by atoms with Crippen molar-refractivity contribution in [3.8, 4) is 0 Å². The van der Waals surface area contributed by atoms with Gasteiger partial charge in [-0.2, -0.15) is 0 Å². The van der Waals surface area contributed by atoms with Gasteiger partial charge in [0.1, 0.15) is 14.8 Å². The molecule has 0 aromatic heterocycles. The number of nitrogens with two attached hydrogens (primary N) is 1. The van der Waals surface area contributed by atoms with Crippen molar-refractivity contribution in [1.82, 2.24) is 5.32 Å². The molecule has 0 radical (unpaired) electrons. The highest BCUT2D eigenvalue weighted by atomic mass is 32.2. The first kappa shape index (κ1) is 15.6. The van der Waals surface area contributed by atoms with Crippen molar-refractivity contribution in [2.24, 2.45) is 5.73 Å². The molecule has 0 aliphatic carbocycles. The standard InChI is InChI=1S/C12H16N2O3S2/c1-19(16,17)7-6-14-11(15)8-9-2-4-10(5-3-9)12(13)18/h2-5H,6-8H2,1H3,(H2,13,18)(H,14,15). The highest BCUT2D eigenvalue weighted by Gasteiger charge is 2.06. The zero-order chi connectivity index (χ0) is 14.5. The third-order valence-corrected chi connectivity index (χ3v) is 3.58. The minimum absolute atomic E-state index is 0.0564. The SMILES string of the molecule is CS(=O)(=O)CCNC(=O)Cc1ccc(C(N)=S)cc1. The molecule has 104 valence electrons. The third kappa shape index (κ3) is 6.30. The molecule has 0 atom stereocenters. The Morgan fingerprint density at radius 1 is 1.32 bits per heavy atom. The summed E-state index contributed by atoms with van der Waals surface area (Å²) in [6.45, 7) is 0.128. The highest BCUT2D eigenvalue weighted by molar-refractivity contribution is 7.90. The summed E-state index contributed by atoms with van der Waals surface area (Å²) in [5.41, 5.74) is 7.03. The van der Waals surface area contributed by atoms with Crippen LogP contribution in [0.3, 0.4) is 0 Å². The lowest BCUT2D eigenvalue weighted by Gasteiger charge is -2.05. The summed E-state index contributed by atoms with van der Waals surface area (Å²) in [6.07, 6.45) is 1.33. The van der Waals surface area contributed by atoms with Crippen LogP contribution in [0, 0.1) is 0 Å². The number of thiocarbonyl (C=S) groups is 1. The largest absolute Gasteiger partial charge is 0.389 e. The molecule has 1 aromatic rings. The summed E-state index contributed by atoms with van der Waals surface area (Å²) in [5.74, 6) is -0.272. The molecule has 3 N–H and O–H groups in total. The number of hydrogen-bond donors (Lipinski definition) is 2. The lowest BCUT2D eigenvalue weighted by Crippen LogP contribution is -2.30. The summed E-state index contributed by atoms with van der Waals surface area (Å²) < 4.78 is 21.8. The smallest absolute Gasteiger partial charge is 0.224 e. The van der Waals surface area contributed by atoms with Gasteiger partial charge in [-0.15, -0.1) is 0 Å². The molecule has 1 aromatic carbocycles. The molecule has 0 saturated heterocycles. The van der Waals surface area contributed by atoms with Crippen molar-refractivity contribution >= 4 is 33.0 Å². The fraction of sp³-hybridized carbons (Fsp3) is 0.333. The summed E-state index contributed by atoms with van der Waals surface area (Å²) >= 11 is 4.83. The molecule has 0 unspecified atom stereocenters. The number of rotatable bonds is 6. The van der Waals surface area contributed by atoms with Gasteiger partial charge < -0.3 is 11.1 Å². The Balaban J connectivity index is 2.46. The van der Waals surface area contributed by atoms with Gasteiger partial charge in [0.25, 0.3) is 0 Å². The second-order valence-corrected chi connectivity index (χ2v) is 6.92. The van der Waals surface area contributed by atoms with Crippen molar-refractivity contribution in [2.45, 2.75) is 6.42 Å². The van der Waals surface area contributed by atoms with Crippen LogP contribution in [0.25, 0.3) is 0 Å². The lowest BCUT2D eigenvalue weighted by atomic mass is 10.1. The predicted octanol–water partition coefficient (Wildman–Crippen LogP) is 0.0241. The van der Waals surface area contributed by atoms with Gasteiger partial charge in [0.05, 0.1) is 12.2 Å². The molecule has 19 heavy (non-hydrogen) atoms. The molecule has 0 aliphatic heterocycles. The van der Waals surface area contributed by atoms with E-state index >= 15 is 0 Å². The van der Waals surface area contributed by atoms with Crippen LogP contribution in [0.5, 0.6) is 0 Å². The topological polar surface area (TPSA) is 89.3 Å². The van der Waals surface area contributed by atoms with E-state index in [0.29, 0.717) is 4.99 Å². The van der Waals surface area contributed by atoms with Crippen LogP contribution in [-0.4, -0.2) is 37.9 Å². The van der Waals surface area contributed by atoms with E-state index in [1.807, 2.05) is 0 Å². The van der Waals surface area contributed by atoms with Crippen LogP contribution in [0.2, 0.25) is 0 Å². The molecule has 0 spiro atoms. The zero-order valence-corrected chi connectivity index (χ0v) is 12.2. The quantitative estimate of drug-likeness (QED) is 0.723. The Morgan fingerprint density at radius 3 is 2.37 bits per heavy atom. The van der Waals surface area contributed by atoms with Crippen molar-refractivity contribution in [3.05, 3.63) is 35.4 Å². The fourth-order valence-corrected chi connectivity index (χ4v) is 2.02. The van der Waals surface area contributed by atoms with Crippen molar-refractivity contribution < 1.29 is 13.2 Å². The molecular formula is C12H16N2O3S2. The summed E-state index contributed by atoms with van der Waals surface area (Å²) in [7, 11) is -3.05. The molecule has 0 bridgehead atoms. The number of hydrogen-bond acceptors (Lipinski definition) is 4. The van der Waals surface area contributed by atoms with Crippen LogP contribution in [-0.2, 0) is 21.1 Å².